The molecule has 1 aliphatic rings. The second-order valence-corrected chi connectivity index (χ2v) is 12.3. The van der Waals surface area contributed by atoms with Crippen molar-refractivity contribution in [1.29, 1.82) is 0 Å². The molecular formula is C27H24Cl3N3O6S. The molecule has 4 rings (SSSR count). The topological polar surface area (TPSA) is 133 Å². The molecule has 3 aromatic rings. The zero-order valence-corrected chi connectivity index (χ0v) is 23.9. The smallest absolute Gasteiger partial charge is 0.305 e. The molecule has 1 saturated heterocycles. The first-order valence-corrected chi connectivity index (χ1v) is 14.7. The van der Waals surface area contributed by atoms with Crippen LogP contribution in [0.1, 0.15) is 41.2 Å². The van der Waals surface area contributed by atoms with Crippen molar-refractivity contribution in [2.45, 2.75) is 36.2 Å². The number of nitrogens with zero attached hydrogens (tertiary/aromatic N) is 1. The molecule has 210 valence electrons. The van der Waals surface area contributed by atoms with Crippen molar-refractivity contribution in [3.05, 3.63) is 92.9 Å². The highest BCUT2D eigenvalue weighted by Crippen LogP contribution is 2.30. The Hall–Kier alpha value is -3.15. The third kappa shape index (κ3) is 7.13. The number of carbonyl (C=O) groups excluding carboxylic acids is 2. The number of carboxylic acids is 1. The van der Waals surface area contributed by atoms with E-state index in [1.807, 2.05) is 0 Å². The monoisotopic (exact) mass is 623 g/mol. The molecule has 3 N–H and O–H groups in total. The van der Waals surface area contributed by atoms with E-state index in [2.05, 4.69) is 10.6 Å². The standard InChI is InChI=1S/C27H24Cl3N3O6S/c28-18-7-3-17(4-8-18)26(36)31-21-9-5-16(6-10-21)23(15-25(34)35)32-27(37)24-2-1-11-33(24)40(38,39)22-13-19(29)12-20(30)14-22/h3-10,12-14,23-24H,1-2,11,15H2,(H,31,36)(H,32,37)(H,34,35)/t23?,24-/m1/s1. The molecule has 9 nitrogen and oxygen atoms in total. The van der Waals surface area contributed by atoms with Gasteiger partial charge in [0, 0.05) is 32.9 Å². The number of carbonyl (C=O) groups is 3. The van der Waals surface area contributed by atoms with Gasteiger partial charge in [0.25, 0.3) is 5.91 Å². The number of sulfonamides is 1. The Bertz CT molecular complexity index is 1510. The number of halogens is 3. The number of hydrogen-bond donors (Lipinski definition) is 3. The van der Waals surface area contributed by atoms with E-state index >= 15 is 0 Å². The van der Waals surface area contributed by atoms with E-state index in [0.29, 0.717) is 28.3 Å². The molecule has 1 aliphatic heterocycles. The molecule has 0 spiro atoms. The van der Waals surface area contributed by atoms with E-state index in [1.54, 1.807) is 48.5 Å². The molecule has 0 aliphatic carbocycles. The first-order valence-electron chi connectivity index (χ1n) is 12.1. The summed E-state index contributed by atoms with van der Waals surface area (Å²) < 4.78 is 27.7. The third-order valence-electron chi connectivity index (χ3n) is 6.32. The lowest BCUT2D eigenvalue weighted by atomic mass is 10.0. The predicted octanol–water partition coefficient (Wildman–Crippen LogP) is 5.38. The van der Waals surface area contributed by atoms with Crippen molar-refractivity contribution < 1.29 is 27.9 Å². The van der Waals surface area contributed by atoms with Crippen LogP contribution in [-0.4, -0.2) is 48.2 Å². The summed E-state index contributed by atoms with van der Waals surface area (Å²) in [5, 5.41) is 15.7. The average molecular weight is 625 g/mol. The predicted molar refractivity (Wildman–Crippen MR) is 152 cm³/mol. The zero-order valence-electron chi connectivity index (χ0n) is 20.8. The Morgan fingerprint density at radius 1 is 0.925 bits per heavy atom. The highest BCUT2D eigenvalue weighted by atomic mass is 35.5. The normalized spacial score (nSPS) is 16.3. The minimum atomic E-state index is -4.10. The van der Waals surface area contributed by atoms with Crippen LogP contribution >= 0.6 is 34.8 Å². The fourth-order valence-corrected chi connectivity index (χ4v) is 6.91. The molecule has 0 bridgehead atoms. The van der Waals surface area contributed by atoms with Crippen LogP contribution in [0.5, 0.6) is 0 Å². The van der Waals surface area contributed by atoms with E-state index < -0.39 is 40.4 Å². The van der Waals surface area contributed by atoms with Gasteiger partial charge in [-0.2, -0.15) is 4.31 Å². The first-order chi connectivity index (χ1) is 18.9. The van der Waals surface area contributed by atoms with Crippen molar-refractivity contribution in [3.8, 4) is 0 Å². The van der Waals surface area contributed by atoms with Crippen molar-refractivity contribution in [3.63, 3.8) is 0 Å². The van der Waals surface area contributed by atoms with Gasteiger partial charge in [-0.05, 0) is 73.0 Å². The number of anilines is 1. The molecule has 40 heavy (non-hydrogen) atoms. The fraction of sp³-hybridized carbons (Fsp3) is 0.222. The zero-order chi connectivity index (χ0) is 29.0. The Morgan fingerprint density at radius 3 is 2.15 bits per heavy atom. The molecule has 1 unspecified atom stereocenters. The second-order valence-electron chi connectivity index (χ2n) is 9.12. The van der Waals surface area contributed by atoms with Gasteiger partial charge >= 0.3 is 5.97 Å². The lowest BCUT2D eigenvalue weighted by Gasteiger charge is -2.26. The molecule has 0 radical (unpaired) electrons. The first kappa shape index (κ1) is 29.8. The Labute approximate surface area is 246 Å². The van der Waals surface area contributed by atoms with Crippen LogP contribution in [0.4, 0.5) is 5.69 Å². The van der Waals surface area contributed by atoms with Crippen LogP contribution in [0.25, 0.3) is 0 Å². The van der Waals surface area contributed by atoms with E-state index in [1.165, 1.54) is 18.2 Å². The highest BCUT2D eigenvalue weighted by molar-refractivity contribution is 7.89. The largest absolute Gasteiger partial charge is 0.481 e. The molecule has 2 amide bonds. The van der Waals surface area contributed by atoms with Gasteiger partial charge in [-0.1, -0.05) is 46.9 Å². The summed E-state index contributed by atoms with van der Waals surface area (Å²) in [5.41, 5.74) is 1.33. The lowest BCUT2D eigenvalue weighted by Crippen LogP contribution is -2.47. The van der Waals surface area contributed by atoms with Crippen LogP contribution < -0.4 is 10.6 Å². The van der Waals surface area contributed by atoms with Gasteiger partial charge < -0.3 is 15.7 Å². The van der Waals surface area contributed by atoms with Gasteiger partial charge in [-0.3, -0.25) is 14.4 Å². The summed E-state index contributed by atoms with van der Waals surface area (Å²) in [6.45, 7) is 0.107. The highest BCUT2D eigenvalue weighted by Gasteiger charge is 2.40. The maximum absolute atomic E-state index is 13.3. The fourth-order valence-electron chi connectivity index (χ4n) is 4.40. The van der Waals surface area contributed by atoms with Crippen molar-refractivity contribution >= 4 is 68.3 Å². The minimum absolute atomic E-state index is 0.107. The molecule has 3 aromatic carbocycles. The van der Waals surface area contributed by atoms with Crippen molar-refractivity contribution in [2.24, 2.45) is 0 Å². The van der Waals surface area contributed by atoms with Gasteiger partial charge in [0.15, 0.2) is 0 Å². The quantitative estimate of drug-likeness (QED) is 0.293. The Morgan fingerprint density at radius 2 is 1.55 bits per heavy atom. The molecule has 1 heterocycles. The maximum Gasteiger partial charge on any atom is 0.305 e. The van der Waals surface area contributed by atoms with Gasteiger partial charge in [-0.15, -0.1) is 0 Å². The molecule has 0 aromatic heterocycles. The molecule has 2 atom stereocenters. The number of carboxylic acid groups (broad SMARTS) is 1. The van der Waals surface area contributed by atoms with E-state index in [4.69, 9.17) is 34.8 Å². The van der Waals surface area contributed by atoms with Crippen LogP contribution in [0.15, 0.2) is 71.6 Å². The summed E-state index contributed by atoms with van der Waals surface area (Å²) in [7, 11) is -4.10. The van der Waals surface area contributed by atoms with Gasteiger partial charge in [0.05, 0.1) is 17.4 Å². The number of amides is 2. The number of nitrogens with one attached hydrogen (secondary N) is 2. The Kier molecular flexibility index (Phi) is 9.37. The summed E-state index contributed by atoms with van der Waals surface area (Å²) in [6, 6.07) is 14.6. The maximum atomic E-state index is 13.3. The molecule has 13 heteroatoms. The minimum Gasteiger partial charge on any atom is -0.481 e. The number of aliphatic carboxylic acids is 1. The number of rotatable bonds is 9. The van der Waals surface area contributed by atoms with Gasteiger partial charge in [0.1, 0.15) is 6.04 Å². The van der Waals surface area contributed by atoms with E-state index in [9.17, 15) is 27.9 Å². The number of hydrogen-bond acceptors (Lipinski definition) is 5. The van der Waals surface area contributed by atoms with Crippen LogP contribution in [0.2, 0.25) is 15.1 Å². The molecule has 0 saturated carbocycles. The summed E-state index contributed by atoms with van der Waals surface area (Å²) in [6.07, 6.45) is 0.262. The average Bonchev–Trinajstić information content (AvgIpc) is 3.40. The van der Waals surface area contributed by atoms with E-state index in [0.717, 1.165) is 4.31 Å². The molecular weight excluding hydrogens is 601 g/mol. The molecule has 1 fully saturated rings. The lowest BCUT2D eigenvalue weighted by molar-refractivity contribution is -0.137. The van der Waals surface area contributed by atoms with Gasteiger partial charge in [-0.25, -0.2) is 8.42 Å². The Balaban J connectivity index is 1.49. The number of benzene rings is 3. The SMILES string of the molecule is O=C(O)CC(NC(=O)[C@H]1CCCN1S(=O)(=O)c1cc(Cl)cc(Cl)c1)c1ccc(NC(=O)c2ccc(Cl)cc2)cc1. The van der Waals surface area contributed by atoms with Crippen LogP contribution in [0.3, 0.4) is 0 Å². The van der Waals surface area contributed by atoms with Crippen molar-refractivity contribution in [2.75, 3.05) is 11.9 Å². The summed E-state index contributed by atoms with van der Waals surface area (Å²) >= 11 is 17.8. The summed E-state index contributed by atoms with van der Waals surface area (Å²) in [5.74, 6) is -2.14. The second kappa shape index (κ2) is 12.6. The summed E-state index contributed by atoms with van der Waals surface area (Å²) in [4.78, 5) is 37.2. The van der Waals surface area contributed by atoms with E-state index in [-0.39, 0.29) is 33.8 Å². The third-order valence-corrected chi connectivity index (χ3v) is 8.90. The van der Waals surface area contributed by atoms with Crippen LogP contribution in [0, 0.1) is 0 Å². The van der Waals surface area contributed by atoms with Crippen LogP contribution in [-0.2, 0) is 19.6 Å². The van der Waals surface area contributed by atoms with Crippen molar-refractivity contribution in [1.82, 2.24) is 9.62 Å². The van der Waals surface area contributed by atoms with Gasteiger partial charge in [0.2, 0.25) is 15.9 Å².